The fourth-order valence-electron chi connectivity index (χ4n) is 3.02. The van der Waals surface area contributed by atoms with E-state index in [9.17, 15) is 9.59 Å². The van der Waals surface area contributed by atoms with Gasteiger partial charge in [-0.15, -0.1) is 0 Å². The van der Waals surface area contributed by atoms with Gasteiger partial charge >= 0.3 is 0 Å². The summed E-state index contributed by atoms with van der Waals surface area (Å²) >= 11 is 0. The summed E-state index contributed by atoms with van der Waals surface area (Å²) < 4.78 is 0. The van der Waals surface area contributed by atoms with Crippen molar-refractivity contribution < 1.29 is 9.59 Å². The van der Waals surface area contributed by atoms with Crippen LogP contribution in [0.1, 0.15) is 46.3 Å². The fraction of sp³-hybridized carbons (Fsp3) is 0.250. The van der Waals surface area contributed by atoms with Crippen LogP contribution < -0.4 is 5.32 Å². The van der Waals surface area contributed by atoms with Crippen LogP contribution >= 0.6 is 0 Å². The Morgan fingerprint density at radius 1 is 1.03 bits per heavy atom. The summed E-state index contributed by atoms with van der Waals surface area (Å²) in [6, 6.07) is 16.5. The maximum atomic E-state index is 12.7. The first-order valence-corrected chi connectivity index (χ1v) is 10.1. The van der Waals surface area contributed by atoms with Crippen LogP contribution in [0.3, 0.4) is 0 Å². The van der Waals surface area contributed by atoms with Crippen LogP contribution in [0.15, 0.2) is 60.8 Å². The molecular weight excluding hydrogens is 376 g/mol. The van der Waals surface area contributed by atoms with Crippen molar-refractivity contribution in [2.45, 2.75) is 26.7 Å². The molecule has 0 fully saturated rings. The van der Waals surface area contributed by atoms with Crippen LogP contribution in [0.25, 0.3) is 11.3 Å². The SMILES string of the molecule is CCCCN(C)C(=O)c1ccc(-c2cnc(C)c(C(=O)Nc3ccccc3)n2)cc1. The molecule has 1 aromatic heterocycles. The number of nitrogens with one attached hydrogen (secondary N) is 1. The molecule has 0 atom stereocenters. The van der Waals surface area contributed by atoms with Crippen molar-refractivity contribution in [1.82, 2.24) is 14.9 Å². The predicted octanol–water partition coefficient (Wildman–Crippen LogP) is 4.58. The molecule has 30 heavy (non-hydrogen) atoms. The summed E-state index contributed by atoms with van der Waals surface area (Å²) in [7, 11) is 1.81. The zero-order chi connectivity index (χ0) is 21.5. The number of anilines is 1. The van der Waals surface area contributed by atoms with Crippen molar-refractivity contribution in [1.29, 1.82) is 0 Å². The quantitative estimate of drug-likeness (QED) is 0.628. The average molecular weight is 402 g/mol. The average Bonchev–Trinajstić information content (AvgIpc) is 2.78. The Morgan fingerprint density at radius 3 is 2.40 bits per heavy atom. The van der Waals surface area contributed by atoms with E-state index in [-0.39, 0.29) is 17.5 Å². The molecule has 0 aliphatic heterocycles. The normalized spacial score (nSPS) is 10.5. The monoisotopic (exact) mass is 402 g/mol. The highest BCUT2D eigenvalue weighted by Gasteiger charge is 2.15. The molecule has 6 nitrogen and oxygen atoms in total. The number of aryl methyl sites for hydroxylation is 1. The summed E-state index contributed by atoms with van der Waals surface area (Å²) in [6.45, 7) is 4.59. The third-order valence-corrected chi connectivity index (χ3v) is 4.82. The third kappa shape index (κ3) is 5.08. The molecule has 154 valence electrons. The number of carbonyl (C=O) groups excluding carboxylic acids is 2. The molecular formula is C24H26N4O2. The van der Waals surface area contributed by atoms with Crippen LogP contribution in [0.4, 0.5) is 5.69 Å². The first-order chi connectivity index (χ1) is 14.5. The van der Waals surface area contributed by atoms with Crippen LogP contribution in [-0.4, -0.2) is 40.3 Å². The van der Waals surface area contributed by atoms with Crippen molar-refractivity contribution in [3.05, 3.63) is 77.7 Å². The van der Waals surface area contributed by atoms with Gasteiger partial charge < -0.3 is 10.2 Å². The lowest BCUT2D eigenvalue weighted by Gasteiger charge is -2.16. The van der Waals surface area contributed by atoms with E-state index in [0.29, 0.717) is 22.6 Å². The molecule has 2 amide bonds. The van der Waals surface area contributed by atoms with Gasteiger partial charge in [-0.1, -0.05) is 43.7 Å². The Labute approximate surface area is 177 Å². The molecule has 1 N–H and O–H groups in total. The first-order valence-electron chi connectivity index (χ1n) is 10.1. The van der Waals surface area contributed by atoms with Gasteiger partial charge in [-0.05, 0) is 37.6 Å². The first kappa shape index (κ1) is 21.2. The molecule has 0 saturated carbocycles. The number of aromatic nitrogens is 2. The van der Waals surface area contributed by atoms with Gasteiger partial charge in [0.15, 0.2) is 0 Å². The van der Waals surface area contributed by atoms with Gasteiger partial charge in [-0.3, -0.25) is 14.6 Å². The van der Waals surface area contributed by atoms with E-state index in [1.165, 1.54) is 0 Å². The molecule has 1 heterocycles. The number of hydrogen-bond acceptors (Lipinski definition) is 4. The van der Waals surface area contributed by atoms with E-state index in [2.05, 4.69) is 22.2 Å². The largest absolute Gasteiger partial charge is 0.342 e. The molecule has 2 aromatic carbocycles. The van der Waals surface area contributed by atoms with E-state index in [1.807, 2.05) is 49.5 Å². The number of benzene rings is 2. The van der Waals surface area contributed by atoms with Crippen LogP contribution in [0.5, 0.6) is 0 Å². The van der Waals surface area contributed by atoms with Gasteiger partial charge in [0.2, 0.25) is 0 Å². The highest BCUT2D eigenvalue weighted by Crippen LogP contribution is 2.20. The molecule has 3 aromatic rings. The van der Waals surface area contributed by atoms with E-state index >= 15 is 0 Å². The van der Waals surface area contributed by atoms with Crippen molar-refractivity contribution in [3.8, 4) is 11.3 Å². The second-order valence-electron chi connectivity index (χ2n) is 7.17. The highest BCUT2D eigenvalue weighted by atomic mass is 16.2. The minimum atomic E-state index is -0.308. The lowest BCUT2D eigenvalue weighted by atomic mass is 10.1. The van der Waals surface area contributed by atoms with Gasteiger partial charge in [0.05, 0.1) is 17.6 Å². The maximum absolute atomic E-state index is 12.7. The maximum Gasteiger partial charge on any atom is 0.276 e. The second kappa shape index (κ2) is 9.78. The topological polar surface area (TPSA) is 75.2 Å². The number of carbonyl (C=O) groups is 2. The van der Waals surface area contributed by atoms with Crippen LogP contribution in [0.2, 0.25) is 0 Å². The Morgan fingerprint density at radius 2 is 1.73 bits per heavy atom. The van der Waals surface area contributed by atoms with Gasteiger partial charge in [-0.25, -0.2) is 4.98 Å². The summed E-state index contributed by atoms with van der Waals surface area (Å²) in [4.78, 5) is 35.8. The highest BCUT2D eigenvalue weighted by molar-refractivity contribution is 6.03. The molecule has 0 spiro atoms. The number of unbranched alkanes of at least 4 members (excludes halogenated alkanes) is 1. The van der Waals surface area contributed by atoms with E-state index < -0.39 is 0 Å². The molecule has 0 aliphatic carbocycles. The van der Waals surface area contributed by atoms with Crippen molar-refractivity contribution in [3.63, 3.8) is 0 Å². The number of hydrogen-bond donors (Lipinski definition) is 1. The lowest BCUT2D eigenvalue weighted by molar-refractivity contribution is 0.0793. The molecule has 0 unspecified atom stereocenters. The van der Waals surface area contributed by atoms with Crippen LogP contribution in [0, 0.1) is 6.92 Å². The predicted molar refractivity (Wildman–Crippen MR) is 118 cm³/mol. The standard InChI is InChI=1S/C24H26N4O2/c1-4-5-15-28(3)24(30)19-13-11-18(12-14-19)21-16-25-17(2)22(27-21)23(29)26-20-9-7-6-8-10-20/h6-14,16H,4-5,15H2,1-3H3,(H,26,29). The van der Waals surface area contributed by atoms with E-state index in [1.54, 1.807) is 30.2 Å². The third-order valence-electron chi connectivity index (χ3n) is 4.82. The Kier molecular flexibility index (Phi) is 6.91. The number of rotatable bonds is 7. The Hall–Kier alpha value is -3.54. The lowest BCUT2D eigenvalue weighted by Crippen LogP contribution is -2.27. The van der Waals surface area contributed by atoms with Crippen LogP contribution in [-0.2, 0) is 0 Å². The zero-order valence-electron chi connectivity index (χ0n) is 17.6. The zero-order valence-corrected chi connectivity index (χ0v) is 17.6. The van der Waals surface area contributed by atoms with Crippen molar-refractivity contribution in [2.75, 3.05) is 18.9 Å². The Bertz CT molecular complexity index is 1020. The molecule has 0 aliphatic rings. The van der Waals surface area contributed by atoms with Gasteiger partial charge in [-0.2, -0.15) is 0 Å². The van der Waals surface area contributed by atoms with Crippen molar-refractivity contribution in [2.24, 2.45) is 0 Å². The molecule has 3 rings (SSSR count). The second-order valence-corrected chi connectivity index (χ2v) is 7.17. The molecule has 0 bridgehead atoms. The summed E-state index contributed by atoms with van der Waals surface area (Å²) in [6.07, 6.45) is 3.66. The van der Waals surface area contributed by atoms with Gasteiger partial charge in [0.1, 0.15) is 5.69 Å². The summed E-state index contributed by atoms with van der Waals surface area (Å²) in [5, 5.41) is 2.84. The smallest absolute Gasteiger partial charge is 0.276 e. The summed E-state index contributed by atoms with van der Waals surface area (Å²) in [5.41, 5.74) is 3.53. The number of amides is 2. The minimum absolute atomic E-state index is 0.00656. The van der Waals surface area contributed by atoms with Gasteiger partial charge in [0, 0.05) is 30.4 Å². The van der Waals surface area contributed by atoms with Gasteiger partial charge in [0.25, 0.3) is 11.8 Å². The summed E-state index contributed by atoms with van der Waals surface area (Å²) in [5.74, 6) is -0.315. The molecule has 0 radical (unpaired) electrons. The molecule has 6 heteroatoms. The van der Waals surface area contributed by atoms with E-state index in [4.69, 9.17) is 0 Å². The number of para-hydroxylation sites is 1. The van der Waals surface area contributed by atoms with Crippen molar-refractivity contribution >= 4 is 17.5 Å². The van der Waals surface area contributed by atoms with E-state index in [0.717, 1.165) is 24.9 Å². The minimum Gasteiger partial charge on any atom is -0.342 e. The molecule has 0 saturated heterocycles. The number of nitrogens with zero attached hydrogens (tertiary/aromatic N) is 3. The Balaban J connectivity index is 1.78. The fourth-order valence-corrected chi connectivity index (χ4v) is 3.02.